The van der Waals surface area contributed by atoms with E-state index in [1.807, 2.05) is 34.0 Å². The van der Waals surface area contributed by atoms with E-state index in [9.17, 15) is 0 Å². The van der Waals surface area contributed by atoms with Gasteiger partial charge in [-0.1, -0.05) is 212 Å². The van der Waals surface area contributed by atoms with Gasteiger partial charge in [0, 0.05) is 104 Å². The highest BCUT2D eigenvalue weighted by atomic mass is 32.1. The summed E-state index contributed by atoms with van der Waals surface area (Å²) < 4.78 is 14.8. The molecule has 16 aromatic carbocycles. The normalized spacial score (nSPS) is 12.3. The van der Waals surface area contributed by atoms with Crippen LogP contribution in [0.2, 0.25) is 0 Å². The van der Waals surface area contributed by atoms with Crippen molar-refractivity contribution in [2.75, 3.05) is 0 Å². The Morgan fingerprint density at radius 1 is 0.176 bits per heavy atom. The van der Waals surface area contributed by atoms with Crippen molar-refractivity contribution in [1.29, 1.82) is 0 Å². The van der Waals surface area contributed by atoms with Crippen LogP contribution in [0.15, 0.2) is 340 Å². The monoisotopic (exact) mass is 1420 g/mol. The van der Waals surface area contributed by atoms with E-state index in [1.165, 1.54) is 105 Å². The molecular weight excluding hydrogens is 1370 g/mol. The third-order valence-electron chi connectivity index (χ3n) is 22.7. The van der Waals surface area contributed by atoms with Crippen LogP contribution in [0.5, 0.6) is 0 Å². The molecule has 1 aliphatic carbocycles. The average Bonchev–Trinajstić information content (AvgIpc) is 1.56. The van der Waals surface area contributed by atoms with E-state index in [-0.39, 0.29) is 0 Å². The summed E-state index contributed by atoms with van der Waals surface area (Å²) in [6.07, 6.45) is 0. The Morgan fingerprint density at radius 2 is 0.463 bits per heavy atom. The lowest BCUT2D eigenvalue weighted by atomic mass is 9.80. The number of para-hydroxylation sites is 3. The third kappa shape index (κ3) is 8.95. The summed E-state index contributed by atoms with van der Waals surface area (Å²) in [7, 11) is 0. The summed E-state index contributed by atoms with van der Waals surface area (Å²) in [6, 6.07) is 126. The van der Waals surface area contributed by atoms with Gasteiger partial charge >= 0.3 is 0 Å². The molecule has 0 saturated carbocycles. The Labute approximate surface area is 630 Å². The number of hydrogen-bond acceptors (Lipinski definition) is 6. The molecule has 0 saturated heterocycles. The van der Waals surface area contributed by atoms with E-state index in [0.717, 1.165) is 110 Å². The molecule has 0 radical (unpaired) electrons. The standard InChI is InChI=1S/C99H56N6S3/c1-3-19-67-65(17-1)66-18-2-4-20-68(66)78-56-64(103-85-27-11-5-21-71(85)79-49-57(34-43-88(79)103)60-37-46-94-82(52-60)74-24-8-14-30-91(74)106-94)40-42-70(78)69-41-33-63(55-77(67)69)97-100-98(104-86-28-12-6-22-72(86)80-50-58(35-44-89(80)104)61-38-47-95-83(53-61)75-25-9-15-31-92(75)107-95)102-99(101-97)105-87-29-13-7-23-73(87)81-51-59(36-45-90(81)105)62-39-48-96-84(54-62)76-26-10-16-32-93(76)108-96/h1-56H. The number of thiophene rings is 3. The van der Waals surface area contributed by atoms with Crippen LogP contribution in [0, 0.1) is 0 Å². The minimum atomic E-state index is 0.521. The maximum absolute atomic E-state index is 5.74. The van der Waals surface area contributed by atoms with Crippen LogP contribution < -0.4 is 0 Å². The van der Waals surface area contributed by atoms with Crippen LogP contribution in [0.1, 0.15) is 0 Å². The van der Waals surface area contributed by atoms with E-state index < -0.39 is 0 Å². The highest BCUT2D eigenvalue weighted by molar-refractivity contribution is 7.26. The van der Waals surface area contributed by atoms with E-state index >= 15 is 0 Å². The zero-order valence-electron chi connectivity index (χ0n) is 57.7. The molecule has 0 spiro atoms. The van der Waals surface area contributed by atoms with Crippen molar-refractivity contribution < 1.29 is 0 Å². The van der Waals surface area contributed by atoms with Crippen molar-refractivity contribution in [1.82, 2.24) is 28.7 Å². The zero-order chi connectivity index (χ0) is 70.4. The number of nitrogens with zero attached hydrogens (tertiary/aromatic N) is 6. The summed E-state index contributed by atoms with van der Waals surface area (Å²) in [5.41, 5.74) is 24.5. The van der Waals surface area contributed by atoms with Crippen molar-refractivity contribution in [3.8, 4) is 107 Å². The molecule has 7 aromatic heterocycles. The van der Waals surface area contributed by atoms with Crippen molar-refractivity contribution in [3.05, 3.63) is 340 Å². The number of hydrogen-bond donors (Lipinski definition) is 0. The zero-order valence-corrected chi connectivity index (χ0v) is 60.2. The predicted molar refractivity (Wildman–Crippen MR) is 459 cm³/mol. The van der Waals surface area contributed by atoms with E-state index in [1.54, 1.807) is 0 Å². The number of rotatable bonds is 7. The van der Waals surface area contributed by atoms with Crippen LogP contribution in [-0.2, 0) is 0 Å². The smallest absolute Gasteiger partial charge is 0.240 e. The fourth-order valence-electron chi connectivity index (χ4n) is 17.7. The second-order valence-electron chi connectivity index (χ2n) is 28.5. The molecule has 9 heteroatoms. The van der Waals surface area contributed by atoms with Crippen molar-refractivity contribution in [3.63, 3.8) is 0 Å². The SMILES string of the molecule is c1ccc2c(c1)-c1ccccc1-c1cc(-n3c4ccccc4c4cc(-c5ccc6sc7ccccc7c6c5)ccc43)ccc1-c1ccc(-c3nc(-n4c5ccccc5c5cc(-c6ccc7sc8ccccc8c7c6)ccc54)nc(-n4c5ccccc5c5cc(-c6ccc7sc8ccccc8c7c6)ccc54)n3)cc1-2. The maximum Gasteiger partial charge on any atom is 0.240 e. The van der Waals surface area contributed by atoms with Crippen LogP contribution in [0.3, 0.4) is 0 Å². The topological polar surface area (TPSA) is 53.5 Å². The second-order valence-corrected chi connectivity index (χ2v) is 31.8. The Balaban J connectivity index is 0.699. The molecular formula is C99H56N6S3. The molecule has 0 bridgehead atoms. The Kier molecular flexibility index (Phi) is 12.8. The Morgan fingerprint density at radius 3 is 0.889 bits per heavy atom. The van der Waals surface area contributed by atoms with Gasteiger partial charge in [-0.2, -0.15) is 15.0 Å². The maximum atomic E-state index is 5.74. The molecule has 1 aliphatic rings. The van der Waals surface area contributed by atoms with Gasteiger partial charge in [-0.25, -0.2) is 0 Å². The van der Waals surface area contributed by atoms with E-state index in [4.69, 9.17) is 15.0 Å². The molecule has 6 nitrogen and oxygen atoms in total. The van der Waals surface area contributed by atoms with Crippen molar-refractivity contribution in [2.24, 2.45) is 0 Å². The van der Waals surface area contributed by atoms with Gasteiger partial charge in [0.25, 0.3) is 0 Å². The minimum Gasteiger partial charge on any atom is -0.309 e. The molecule has 0 atom stereocenters. The molecule has 24 rings (SSSR count). The highest BCUT2D eigenvalue weighted by Gasteiger charge is 2.28. The first-order chi connectivity index (χ1) is 53.5. The summed E-state index contributed by atoms with van der Waals surface area (Å²) in [5, 5.41) is 14.6. The second kappa shape index (κ2) is 23.0. The molecule has 0 unspecified atom stereocenters. The van der Waals surface area contributed by atoms with Gasteiger partial charge in [-0.15, -0.1) is 34.0 Å². The third-order valence-corrected chi connectivity index (χ3v) is 26.2. The molecule has 0 amide bonds. The molecule has 23 aromatic rings. The van der Waals surface area contributed by atoms with Crippen LogP contribution in [0.25, 0.3) is 233 Å². The van der Waals surface area contributed by atoms with Gasteiger partial charge in [0.1, 0.15) is 0 Å². The van der Waals surface area contributed by atoms with E-state index in [0.29, 0.717) is 17.7 Å². The number of aromatic nitrogens is 6. The van der Waals surface area contributed by atoms with Crippen LogP contribution in [0.4, 0.5) is 0 Å². The van der Waals surface area contributed by atoms with Gasteiger partial charge in [-0.3, -0.25) is 9.13 Å². The lowest BCUT2D eigenvalue weighted by molar-refractivity contribution is 0.893. The lowest BCUT2D eigenvalue weighted by Crippen LogP contribution is -2.10. The first-order valence-corrected chi connectivity index (χ1v) is 39.1. The number of fused-ring (bicyclic) bond motifs is 26. The van der Waals surface area contributed by atoms with Crippen molar-refractivity contribution >= 4 is 160 Å². The Bertz CT molecular complexity index is 7600. The molecule has 500 valence electrons. The van der Waals surface area contributed by atoms with Gasteiger partial charge in [-0.05, 0) is 205 Å². The number of benzene rings is 16. The van der Waals surface area contributed by atoms with Gasteiger partial charge in [0.2, 0.25) is 11.9 Å². The fourth-order valence-corrected chi connectivity index (χ4v) is 21.0. The quantitative estimate of drug-likeness (QED) is 0.160. The highest BCUT2D eigenvalue weighted by Crippen LogP contribution is 2.51. The fraction of sp³-hybridized carbons (Fsp3) is 0. The summed E-state index contributed by atoms with van der Waals surface area (Å²) in [4.78, 5) is 17.2. The largest absolute Gasteiger partial charge is 0.309 e. The molecule has 0 fully saturated rings. The van der Waals surface area contributed by atoms with E-state index in [2.05, 4.69) is 353 Å². The van der Waals surface area contributed by atoms with Gasteiger partial charge in [0.05, 0.1) is 33.1 Å². The predicted octanol–water partition coefficient (Wildman–Crippen LogP) is 27.9. The van der Waals surface area contributed by atoms with Crippen LogP contribution in [-0.4, -0.2) is 28.7 Å². The lowest BCUT2D eigenvalue weighted by Gasteiger charge is -2.24. The van der Waals surface area contributed by atoms with Gasteiger partial charge in [0.15, 0.2) is 5.82 Å². The summed E-state index contributed by atoms with van der Waals surface area (Å²) in [6.45, 7) is 0. The first kappa shape index (κ1) is 59.9. The first-order valence-electron chi connectivity index (χ1n) is 36.6. The molecule has 7 heterocycles. The Hall–Kier alpha value is -13.4. The summed E-state index contributed by atoms with van der Waals surface area (Å²) in [5.74, 6) is 1.60. The summed E-state index contributed by atoms with van der Waals surface area (Å²) >= 11 is 5.56. The minimum absolute atomic E-state index is 0.521. The molecule has 0 aliphatic heterocycles. The van der Waals surface area contributed by atoms with Crippen molar-refractivity contribution in [2.45, 2.75) is 0 Å². The average molecular weight is 1430 g/mol. The van der Waals surface area contributed by atoms with Gasteiger partial charge < -0.3 is 4.57 Å². The molecule has 108 heavy (non-hydrogen) atoms. The molecule has 0 N–H and O–H groups in total. The van der Waals surface area contributed by atoms with Crippen LogP contribution >= 0.6 is 34.0 Å².